The maximum absolute atomic E-state index is 12.6. The fourth-order valence-corrected chi connectivity index (χ4v) is 4.51. The van der Waals surface area contributed by atoms with E-state index in [0.29, 0.717) is 12.1 Å². The first kappa shape index (κ1) is 16.2. The highest BCUT2D eigenvalue weighted by molar-refractivity contribution is 7.53. The Balaban J connectivity index is 2.46. The summed E-state index contributed by atoms with van der Waals surface area (Å²) < 4.78 is 23.7. The van der Waals surface area contributed by atoms with E-state index in [4.69, 9.17) is 9.05 Å². The van der Waals surface area contributed by atoms with E-state index in [0.717, 1.165) is 19.5 Å². The average molecular weight is 277 g/mol. The maximum atomic E-state index is 12.6. The highest BCUT2D eigenvalue weighted by Crippen LogP contribution is 2.51. The molecule has 4 nitrogen and oxygen atoms in total. The van der Waals surface area contributed by atoms with Gasteiger partial charge in [-0.25, -0.2) is 0 Å². The summed E-state index contributed by atoms with van der Waals surface area (Å²) in [6, 6.07) is 0. The van der Waals surface area contributed by atoms with Crippen molar-refractivity contribution < 1.29 is 13.6 Å². The molecule has 108 valence electrons. The third kappa shape index (κ3) is 6.33. The van der Waals surface area contributed by atoms with Crippen LogP contribution in [0.1, 0.15) is 47.0 Å². The molecule has 1 fully saturated rings. The second-order valence-electron chi connectivity index (χ2n) is 5.62. The van der Waals surface area contributed by atoms with E-state index >= 15 is 0 Å². The van der Waals surface area contributed by atoms with Crippen LogP contribution >= 0.6 is 7.60 Å². The molecule has 1 rings (SSSR count). The largest absolute Gasteiger partial charge is 0.331 e. The molecular formula is C13H28NO3P. The van der Waals surface area contributed by atoms with Crippen molar-refractivity contribution >= 4 is 7.60 Å². The first-order chi connectivity index (χ1) is 8.41. The number of piperidine rings is 1. The van der Waals surface area contributed by atoms with Gasteiger partial charge < -0.3 is 14.4 Å². The van der Waals surface area contributed by atoms with Crippen molar-refractivity contribution in [1.82, 2.24) is 5.32 Å². The van der Waals surface area contributed by atoms with Gasteiger partial charge in [0.25, 0.3) is 0 Å². The highest BCUT2D eigenvalue weighted by atomic mass is 31.2. The highest BCUT2D eigenvalue weighted by Gasteiger charge is 2.29. The molecule has 0 spiro atoms. The zero-order valence-corrected chi connectivity index (χ0v) is 13.0. The van der Waals surface area contributed by atoms with Gasteiger partial charge >= 0.3 is 7.60 Å². The predicted molar refractivity (Wildman–Crippen MR) is 75.1 cm³/mol. The van der Waals surface area contributed by atoms with Gasteiger partial charge in [0.05, 0.1) is 18.4 Å². The molecule has 0 radical (unpaired) electrons. The third-order valence-electron chi connectivity index (χ3n) is 3.01. The number of nitrogens with one attached hydrogen (secondary N) is 1. The third-order valence-corrected chi connectivity index (χ3v) is 5.30. The lowest BCUT2D eigenvalue weighted by Crippen LogP contribution is -2.28. The van der Waals surface area contributed by atoms with Crippen LogP contribution in [-0.4, -0.2) is 31.5 Å². The molecule has 0 aromatic rings. The fraction of sp³-hybridized carbons (Fsp3) is 1.00. The Morgan fingerprint density at radius 2 is 1.61 bits per heavy atom. The standard InChI is InChI=1S/C13H28NO3P/c1-11(2)16-18(15,17-12(3)4)10-7-13-5-8-14-9-6-13/h11-14H,5-10H2,1-4H3. The van der Waals surface area contributed by atoms with Crippen molar-refractivity contribution in [3.8, 4) is 0 Å². The van der Waals surface area contributed by atoms with Crippen LogP contribution in [0, 0.1) is 5.92 Å². The van der Waals surface area contributed by atoms with Crippen LogP contribution in [0.5, 0.6) is 0 Å². The molecule has 0 saturated carbocycles. The molecule has 1 aliphatic rings. The van der Waals surface area contributed by atoms with Gasteiger partial charge in [-0.2, -0.15) is 0 Å². The second kappa shape index (κ2) is 7.64. The van der Waals surface area contributed by atoms with E-state index in [2.05, 4.69) is 5.32 Å². The monoisotopic (exact) mass is 277 g/mol. The molecule has 0 aromatic carbocycles. The summed E-state index contributed by atoms with van der Waals surface area (Å²) >= 11 is 0. The minimum absolute atomic E-state index is 0.0531. The van der Waals surface area contributed by atoms with Crippen LogP contribution in [-0.2, 0) is 13.6 Å². The van der Waals surface area contributed by atoms with Gasteiger partial charge in [0.1, 0.15) is 0 Å². The lowest BCUT2D eigenvalue weighted by molar-refractivity contribution is 0.141. The first-order valence-electron chi connectivity index (χ1n) is 7.08. The molecule has 0 unspecified atom stereocenters. The van der Waals surface area contributed by atoms with E-state index in [9.17, 15) is 4.57 Å². The Morgan fingerprint density at radius 1 is 1.11 bits per heavy atom. The van der Waals surface area contributed by atoms with Gasteiger partial charge in [-0.1, -0.05) is 0 Å². The molecule has 1 aliphatic heterocycles. The number of hydrogen-bond acceptors (Lipinski definition) is 4. The molecule has 18 heavy (non-hydrogen) atoms. The molecule has 1 N–H and O–H groups in total. The molecule has 0 aliphatic carbocycles. The molecule has 1 heterocycles. The van der Waals surface area contributed by atoms with Crippen LogP contribution in [0.25, 0.3) is 0 Å². The van der Waals surface area contributed by atoms with E-state index < -0.39 is 7.60 Å². The van der Waals surface area contributed by atoms with E-state index in [-0.39, 0.29) is 12.2 Å². The van der Waals surface area contributed by atoms with Crippen molar-refractivity contribution in [2.75, 3.05) is 19.3 Å². The maximum Gasteiger partial charge on any atom is 0.331 e. The zero-order chi connectivity index (χ0) is 13.6. The summed E-state index contributed by atoms with van der Waals surface area (Å²) in [5, 5.41) is 3.34. The van der Waals surface area contributed by atoms with Gasteiger partial charge in [0.2, 0.25) is 0 Å². The topological polar surface area (TPSA) is 47.6 Å². The Kier molecular flexibility index (Phi) is 6.86. The molecular weight excluding hydrogens is 249 g/mol. The molecule has 5 heteroatoms. The Labute approximate surface area is 111 Å². The van der Waals surface area contributed by atoms with Gasteiger partial charge in [0.15, 0.2) is 0 Å². The molecule has 0 bridgehead atoms. The van der Waals surface area contributed by atoms with Crippen LogP contribution in [0.2, 0.25) is 0 Å². The summed E-state index contributed by atoms with van der Waals surface area (Å²) in [5.41, 5.74) is 0. The van der Waals surface area contributed by atoms with Crippen LogP contribution < -0.4 is 5.32 Å². The van der Waals surface area contributed by atoms with Crippen molar-refractivity contribution in [3.05, 3.63) is 0 Å². The van der Waals surface area contributed by atoms with E-state index in [1.54, 1.807) is 0 Å². The minimum Gasteiger partial charge on any atom is -0.317 e. The van der Waals surface area contributed by atoms with E-state index in [1.165, 1.54) is 12.8 Å². The number of rotatable bonds is 7. The summed E-state index contributed by atoms with van der Waals surface area (Å²) in [6.07, 6.45) is 3.73. The predicted octanol–water partition coefficient (Wildman–Crippen LogP) is 3.42. The average Bonchev–Trinajstić information content (AvgIpc) is 2.26. The normalized spacial score (nSPS) is 18.8. The van der Waals surface area contributed by atoms with E-state index in [1.807, 2.05) is 27.7 Å². The second-order valence-corrected chi connectivity index (χ2v) is 7.72. The first-order valence-corrected chi connectivity index (χ1v) is 8.80. The lowest BCUT2D eigenvalue weighted by Gasteiger charge is -2.26. The van der Waals surface area contributed by atoms with Gasteiger partial charge in [0, 0.05) is 0 Å². The molecule has 0 atom stereocenters. The van der Waals surface area contributed by atoms with Gasteiger partial charge in [-0.15, -0.1) is 0 Å². The molecule has 0 aromatic heterocycles. The SMILES string of the molecule is CC(C)OP(=O)(CCC1CCNCC1)OC(C)C. The molecule has 1 saturated heterocycles. The van der Waals surface area contributed by atoms with Gasteiger partial charge in [-0.05, 0) is 66.0 Å². The van der Waals surface area contributed by atoms with Crippen molar-refractivity contribution in [1.29, 1.82) is 0 Å². The number of hydrogen-bond donors (Lipinski definition) is 1. The summed E-state index contributed by atoms with van der Waals surface area (Å²) in [6.45, 7) is 9.76. The fourth-order valence-electron chi connectivity index (χ4n) is 2.28. The quantitative estimate of drug-likeness (QED) is 0.724. The Hall–Kier alpha value is 0.110. The van der Waals surface area contributed by atoms with Crippen LogP contribution in [0.15, 0.2) is 0 Å². The lowest BCUT2D eigenvalue weighted by atomic mass is 9.96. The van der Waals surface area contributed by atoms with Crippen molar-refractivity contribution in [2.24, 2.45) is 5.92 Å². The Bertz CT molecular complexity index is 261. The summed E-state index contributed by atoms with van der Waals surface area (Å²) in [5.74, 6) is 0.658. The van der Waals surface area contributed by atoms with Crippen molar-refractivity contribution in [3.63, 3.8) is 0 Å². The summed E-state index contributed by atoms with van der Waals surface area (Å²) in [7, 11) is -2.92. The smallest absolute Gasteiger partial charge is 0.317 e. The summed E-state index contributed by atoms with van der Waals surface area (Å²) in [4.78, 5) is 0. The van der Waals surface area contributed by atoms with Gasteiger partial charge in [-0.3, -0.25) is 4.57 Å². The Morgan fingerprint density at radius 3 is 2.06 bits per heavy atom. The zero-order valence-electron chi connectivity index (χ0n) is 12.1. The molecule has 0 amide bonds. The van der Waals surface area contributed by atoms with Crippen LogP contribution in [0.4, 0.5) is 0 Å². The van der Waals surface area contributed by atoms with Crippen LogP contribution in [0.3, 0.4) is 0 Å². The minimum atomic E-state index is -2.92. The van der Waals surface area contributed by atoms with Crippen molar-refractivity contribution in [2.45, 2.75) is 59.2 Å².